The Balaban J connectivity index is 4.51. The summed E-state index contributed by atoms with van der Waals surface area (Å²) in [5.74, 6) is -3.18. The van der Waals surface area contributed by atoms with E-state index in [-0.39, 0.29) is 0 Å². The summed E-state index contributed by atoms with van der Waals surface area (Å²) in [6.45, 7) is 2.62. The Bertz CT molecular complexity index is 414. The molecule has 126 valence electrons. The third-order valence-electron chi connectivity index (χ3n) is 2.20. The van der Waals surface area contributed by atoms with Crippen LogP contribution in [-0.2, 0) is 33.4 Å². The maximum Gasteiger partial charge on any atom is 0.335 e. The van der Waals surface area contributed by atoms with Gasteiger partial charge >= 0.3 is 17.9 Å². The van der Waals surface area contributed by atoms with Crippen LogP contribution in [0.25, 0.3) is 0 Å². The first-order valence-corrected chi connectivity index (χ1v) is 6.51. The molecule has 9 nitrogen and oxygen atoms in total. The number of hydrogen-bond donors (Lipinski definition) is 2. The number of aliphatic hydroxyl groups is 2. The molecule has 0 aliphatic heterocycles. The number of aliphatic hydroxyl groups excluding tert-OH is 2. The molecule has 1 unspecified atom stereocenters. The number of carbonyl (C=O) groups excluding carboxylic acids is 4. The van der Waals surface area contributed by atoms with Crippen LogP contribution >= 0.6 is 0 Å². The van der Waals surface area contributed by atoms with Crippen LogP contribution in [0, 0.1) is 0 Å². The SMILES string of the molecule is CC(=O)CC(=O)OCC(COC(=O)[C@H](C)O)OC(=O)[C@H](C)O. The van der Waals surface area contributed by atoms with Crippen molar-refractivity contribution >= 4 is 23.7 Å². The Kier molecular flexibility index (Phi) is 8.95. The summed E-state index contributed by atoms with van der Waals surface area (Å²) in [6, 6.07) is 0. The fourth-order valence-corrected chi connectivity index (χ4v) is 1.11. The first-order chi connectivity index (χ1) is 10.1. The van der Waals surface area contributed by atoms with Crippen molar-refractivity contribution in [3.8, 4) is 0 Å². The number of hydrogen-bond acceptors (Lipinski definition) is 9. The first-order valence-electron chi connectivity index (χ1n) is 6.51. The molecule has 0 bridgehead atoms. The van der Waals surface area contributed by atoms with E-state index in [2.05, 4.69) is 4.74 Å². The van der Waals surface area contributed by atoms with E-state index < -0.39 is 61.6 Å². The molecule has 3 atom stereocenters. The summed E-state index contributed by atoms with van der Waals surface area (Å²) < 4.78 is 14.2. The van der Waals surface area contributed by atoms with Gasteiger partial charge in [0.25, 0.3) is 0 Å². The highest BCUT2D eigenvalue weighted by atomic mass is 16.6. The minimum Gasteiger partial charge on any atom is -0.461 e. The van der Waals surface area contributed by atoms with E-state index in [0.29, 0.717) is 0 Å². The minimum absolute atomic E-state index is 0.400. The summed E-state index contributed by atoms with van der Waals surface area (Å²) in [5.41, 5.74) is 0. The number of ketones is 1. The third kappa shape index (κ3) is 9.03. The van der Waals surface area contributed by atoms with Gasteiger partial charge in [-0.3, -0.25) is 9.59 Å². The second-order valence-electron chi connectivity index (χ2n) is 4.60. The van der Waals surface area contributed by atoms with E-state index in [0.717, 1.165) is 0 Å². The van der Waals surface area contributed by atoms with Crippen molar-refractivity contribution in [2.24, 2.45) is 0 Å². The Morgan fingerprint density at radius 3 is 1.86 bits per heavy atom. The molecule has 9 heteroatoms. The number of esters is 3. The van der Waals surface area contributed by atoms with Gasteiger partial charge in [-0.1, -0.05) is 0 Å². The van der Waals surface area contributed by atoms with Gasteiger partial charge in [0.1, 0.15) is 37.6 Å². The van der Waals surface area contributed by atoms with Gasteiger partial charge in [-0.15, -0.1) is 0 Å². The van der Waals surface area contributed by atoms with Crippen LogP contribution < -0.4 is 0 Å². The molecule has 0 aromatic heterocycles. The van der Waals surface area contributed by atoms with Crippen molar-refractivity contribution in [2.75, 3.05) is 13.2 Å². The molecule has 0 spiro atoms. The van der Waals surface area contributed by atoms with Gasteiger partial charge in [-0.05, 0) is 20.8 Å². The standard InChI is InChI=1S/C13H20O9/c1-7(14)4-11(17)20-5-10(22-13(19)9(3)16)6-21-12(18)8(2)15/h8-10,15-16H,4-6H2,1-3H3/t8-,9-,10?/m0/s1. The lowest BCUT2D eigenvalue weighted by Crippen LogP contribution is -2.35. The van der Waals surface area contributed by atoms with Crippen molar-refractivity contribution in [2.45, 2.75) is 45.5 Å². The van der Waals surface area contributed by atoms with Crippen LogP contribution in [-0.4, -0.2) is 65.4 Å². The van der Waals surface area contributed by atoms with E-state index in [4.69, 9.17) is 19.7 Å². The van der Waals surface area contributed by atoms with Gasteiger partial charge in [-0.2, -0.15) is 0 Å². The lowest BCUT2D eigenvalue weighted by Gasteiger charge is -2.19. The fraction of sp³-hybridized carbons (Fsp3) is 0.692. The average molecular weight is 320 g/mol. The smallest absolute Gasteiger partial charge is 0.335 e. The van der Waals surface area contributed by atoms with Gasteiger partial charge < -0.3 is 24.4 Å². The van der Waals surface area contributed by atoms with Crippen molar-refractivity contribution in [3.05, 3.63) is 0 Å². The Labute approximate surface area is 127 Å². The van der Waals surface area contributed by atoms with Crippen molar-refractivity contribution < 1.29 is 43.6 Å². The van der Waals surface area contributed by atoms with Gasteiger partial charge in [0.2, 0.25) is 0 Å². The van der Waals surface area contributed by atoms with E-state index in [9.17, 15) is 19.2 Å². The Morgan fingerprint density at radius 1 is 0.909 bits per heavy atom. The van der Waals surface area contributed by atoms with Crippen LogP contribution in [0.2, 0.25) is 0 Å². The van der Waals surface area contributed by atoms with Gasteiger partial charge in [0, 0.05) is 0 Å². The summed E-state index contributed by atoms with van der Waals surface area (Å²) in [6.07, 6.45) is -4.39. The van der Waals surface area contributed by atoms with Crippen LogP contribution in [0.1, 0.15) is 27.2 Å². The molecule has 0 aliphatic rings. The highest BCUT2D eigenvalue weighted by Gasteiger charge is 2.23. The molecular formula is C13H20O9. The van der Waals surface area contributed by atoms with Gasteiger partial charge in [-0.25, -0.2) is 9.59 Å². The molecule has 0 rings (SSSR count). The predicted molar refractivity (Wildman–Crippen MR) is 70.5 cm³/mol. The average Bonchev–Trinajstić information content (AvgIpc) is 2.39. The molecule has 0 aromatic carbocycles. The Hall–Kier alpha value is -2.00. The number of ether oxygens (including phenoxy) is 3. The topological polar surface area (TPSA) is 136 Å². The monoisotopic (exact) mass is 320 g/mol. The Morgan fingerprint density at radius 2 is 1.41 bits per heavy atom. The van der Waals surface area contributed by atoms with E-state index >= 15 is 0 Å². The summed E-state index contributed by atoms with van der Waals surface area (Å²) in [4.78, 5) is 44.4. The molecule has 0 aliphatic carbocycles. The van der Waals surface area contributed by atoms with E-state index in [1.165, 1.54) is 20.8 Å². The predicted octanol–water partition coefficient (Wildman–Crippen LogP) is -1.27. The molecule has 0 radical (unpaired) electrons. The first kappa shape index (κ1) is 20.0. The third-order valence-corrected chi connectivity index (χ3v) is 2.20. The largest absolute Gasteiger partial charge is 0.461 e. The summed E-state index contributed by atoms with van der Waals surface area (Å²) in [5, 5.41) is 18.0. The zero-order valence-corrected chi connectivity index (χ0v) is 12.6. The van der Waals surface area contributed by atoms with E-state index in [1.807, 2.05) is 0 Å². The molecule has 0 heterocycles. The molecular weight excluding hydrogens is 300 g/mol. The quantitative estimate of drug-likeness (QED) is 0.302. The van der Waals surface area contributed by atoms with Crippen molar-refractivity contribution in [3.63, 3.8) is 0 Å². The van der Waals surface area contributed by atoms with Crippen LogP contribution in [0.15, 0.2) is 0 Å². The zero-order valence-electron chi connectivity index (χ0n) is 12.6. The number of rotatable bonds is 9. The fourth-order valence-electron chi connectivity index (χ4n) is 1.11. The van der Waals surface area contributed by atoms with Gasteiger partial charge in [0.05, 0.1) is 0 Å². The molecule has 22 heavy (non-hydrogen) atoms. The number of Topliss-reactive ketones (excluding diaryl/α,β-unsaturated/α-hetero) is 1. The highest BCUT2D eigenvalue weighted by molar-refractivity contribution is 5.94. The van der Waals surface area contributed by atoms with Crippen molar-refractivity contribution in [1.29, 1.82) is 0 Å². The number of carbonyl (C=O) groups is 4. The maximum atomic E-state index is 11.3. The van der Waals surface area contributed by atoms with Crippen LogP contribution in [0.3, 0.4) is 0 Å². The van der Waals surface area contributed by atoms with Gasteiger partial charge in [0.15, 0.2) is 6.10 Å². The molecule has 0 amide bonds. The summed E-state index contributed by atoms with van der Waals surface area (Å²) >= 11 is 0. The second-order valence-corrected chi connectivity index (χ2v) is 4.60. The molecule has 2 N–H and O–H groups in total. The maximum absolute atomic E-state index is 11.3. The second kappa shape index (κ2) is 9.85. The summed E-state index contributed by atoms with van der Waals surface area (Å²) in [7, 11) is 0. The minimum atomic E-state index is -1.41. The highest BCUT2D eigenvalue weighted by Crippen LogP contribution is 2.02. The van der Waals surface area contributed by atoms with E-state index in [1.54, 1.807) is 0 Å². The lowest BCUT2D eigenvalue weighted by molar-refractivity contribution is -0.174. The molecule has 0 saturated carbocycles. The molecule has 0 fully saturated rings. The molecule has 0 saturated heterocycles. The molecule has 0 aromatic rings. The van der Waals surface area contributed by atoms with Crippen LogP contribution in [0.5, 0.6) is 0 Å². The zero-order chi connectivity index (χ0) is 17.3. The van der Waals surface area contributed by atoms with Crippen molar-refractivity contribution in [1.82, 2.24) is 0 Å². The van der Waals surface area contributed by atoms with Crippen LogP contribution in [0.4, 0.5) is 0 Å². The normalized spacial score (nSPS) is 14.4. The lowest BCUT2D eigenvalue weighted by atomic mass is 10.3.